The summed E-state index contributed by atoms with van der Waals surface area (Å²) in [4.78, 5) is 6.81. The molecule has 0 unspecified atom stereocenters. The Bertz CT molecular complexity index is 610. The van der Waals surface area contributed by atoms with Gasteiger partial charge in [0, 0.05) is 37.6 Å². The van der Waals surface area contributed by atoms with Crippen molar-refractivity contribution in [2.75, 3.05) is 13.1 Å². The molecule has 1 N–H and O–H groups in total. The maximum atomic E-state index is 5.48. The Labute approximate surface area is 151 Å². The Morgan fingerprint density at radius 1 is 1.24 bits per heavy atom. The Hall–Kier alpha value is -1.65. The van der Waals surface area contributed by atoms with Crippen LogP contribution in [0.4, 0.5) is 0 Å². The summed E-state index contributed by atoms with van der Waals surface area (Å²) in [5, 5.41) is 3.92. The third kappa shape index (κ3) is 5.68. The highest BCUT2D eigenvalue weighted by molar-refractivity contribution is 5.14. The standard InChI is InChI=1S/C21H31N3O/c1-21(2,3)14-20(17-6-4-10-22-15-17)23-18-8-11-24(12-9-18)16-19-7-5-13-25-19/h4-7,10,13,15,18,20,23H,8-9,11-12,14,16H2,1-3H3/t20-/m1/s1. The first-order chi connectivity index (χ1) is 12.0. The zero-order chi connectivity index (χ0) is 17.7. The fourth-order valence-corrected chi connectivity index (χ4v) is 3.63. The molecule has 0 spiro atoms. The zero-order valence-corrected chi connectivity index (χ0v) is 15.7. The van der Waals surface area contributed by atoms with Crippen molar-refractivity contribution in [3.8, 4) is 0 Å². The van der Waals surface area contributed by atoms with Crippen molar-refractivity contribution >= 4 is 0 Å². The van der Waals surface area contributed by atoms with Crippen molar-refractivity contribution < 1.29 is 4.42 Å². The van der Waals surface area contributed by atoms with E-state index in [9.17, 15) is 0 Å². The molecule has 0 amide bonds. The molecule has 1 fully saturated rings. The largest absolute Gasteiger partial charge is 0.468 e. The van der Waals surface area contributed by atoms with Gasteiger partial charge in [0.2, 0.25) is 0 Å². The minimum absolute atomic E-state index is 0.285. The van der Waals surface area contributed by atoms with E-state index in [4.69, 9.17) is 4.42 Å². The molecule has 3 rings (SSSR count). The molecule has 1 aliphatic rings. The zero-order valence-electron chi connectivity index (χ0n) is 15.7. The van der Waals surface area contributed by atoms with Gasteiger partial charge in [-0.1, -0.05) is 26.8 Å². The van der Waals surface area contributed by atoms with Crippen LogP contribution in [0.2, 0.25) is 0 Å². The molecule has 0 aliphatic carbocycles. The van der Waals surface area contributed by atoms with Crippen LogP contribution in [0.5, 0.6) is 0 Å². The Kier molecular flexibility index (Phi) is 5.92. The molecule has 3 heterocycles. The summed E-state index contributed by atoms with van der Waals surface area (Å²) in [6.07, 6.45) is 9.10. The molecule has 1 aliphatic heterocycles. The number of piperidine rings is 1. The van der Waals surface area contributed by atoms with Gasteiger partial charge in [-0.15, -0.1) is 0 Å². The maximum absolute atomic E-state index is 5.48. The molecule has 2 aromatic rings. The van der Waals surface area contributed by atoms with Gasteiger partial charge in [0.05, 0.1) is 12.8 Å². The van der Waals surface area contributed by atoms with Gasteiger partial charge >= 0.3 is 0 Å². The molecule has 4 nitrogen and oxygen atoms in total. The van der Waals surface area contributed by atoms with Crippen molar-refractivity contribution in [2.24, 2.45) is 5.41 Å². The van der Waals surface area contributed by atoms with Crippen LogP contribution in [0.25, 0.3) is 0 Å². The average molecular weight is 341 g/mol. The number of aromatic nitrogens is 1. The molecule has 1 saturated heterocycles. The van der Waals surface area contributed by atoms with Gasteiger partial charge in [0.1, 0.15) is 5.76 Å². The number of nitrogens with zero attached hydrogens (tertiary/aromatic N) is 2. The van der Waals surface area contributed by atoms with Gasteiger partial charge in [-0.3, -0.25) is 9.88 Å². The highest BCUT2D eigenvalue weighted by Gasteiger charge is 2.26. The molecule has 136 valence electrons. The van der Waals surface area contributed by atoms with Crippen LogP contribution < -0.4 is 5.32 Å². The molecule has 1 atom stereocenters. The van der Waals surface area contributed by atoms with Crippen molar-refractivity contribution in [3.05, 3.63) is 54.2 Å². The summed E-state index contributed by atoms with van der Waals surface area (Å²) in [7, 11) is 0. The van der Waals surface area contributed by atoms with Crippen LogP contribution in [-0.4, -0.2) is 29.0 Å². The monoisotopic (exact) mass is 341 g/mol. The lowest BCUT2D eigenvalue weighted by Gasteiger charge is -2.36. The molecule has 0 aromatic carbocycles. The van der Waals surface area contributed by atoms with Crippen LogP contribution >= 0.6 is 0 Å². The highest BCUT2D eigenvalue weighted by atomic mass is 16.3. The van der Waals surface area contributed by atoms with Gasteiger partial charge in [-0.2, -0.15) is 0 Å². The Balaban J connectivity index is 1.56. The minimum Gasteiger partial charge on any atom is -0.468 e. The van der Waals surface area contributed by atoms with E-state index in [1.54, 1.807) is 6.26 Å². The number of hydrogen-bond acceptors (Lipinski definition) is 4. The number of hydrogen-bond donors (Lipinski definition) is 1. The third-order valence-electron chi connectivity index (χ3n) is 4.89. The molecule has 0 saturated carbocycles. The van der Waals surface area contributed by atoms with Crippen molar-refractivity contribution in [1.82, 2.24) is 15.2 Å². The van der Waals surface area contributed by atoms with Crippen LogP contribution in [0.15, 0.2) is 47.3 Å². The second-order valence-corrected chi connectivity index (χ2v) is 8.40. The number of nitrogens with one attached hydrogen (secondary N) is 1. The van der Waals surface area contributed by atoms with E-state index in [2.05, 4.69) is 48.1 Å². The van der Waals surface area contributed by atoms with E-state index in [1.165, 1.54) is 18.4 Å². The maximum Gasteiger partial charge on any atom is 0.117 e. The van der Waals surface area contributed by atoms with Crippen molar-refractivity contribution in [2.45, 2.75) is 58.7 Å². The van der Waals surface area contributed by atoms with E-state index in [0.717, 1.165) is 31.8 Å². The lowest BCUT2D eigenvalue weighted by atomic mass is 9.85. The molecule has 2 aromatic heterocycles. The molecular weight excluding hydrogens is 310 g/mol. The first-order valence-corrected chi connectivity index (χ1v) is 9.40. The van der Waals surface area contributed by atoms with Gasteiger partial charge in [-0.25, -0.2) is 0 Å². The van der Waals surface area contributed by atoms with Crippen LogP contribution in [0.1, 0.15) is 57.4 Å². The van der Waals surface area contributed by atoms with E-state index < -0.39 is 0 Å². The highest BCUT2D eigenvalue weighted by Crippen LogP contribution is 2.30. The van der Waals surface area contributed by atoms with E-state index in [1.807, 2.05) is 24.5 Å². The van der Waals surface area contributed by atoms with Gasteiger partial charge in [-0.05, 0) is 48.4 Å². The van der Waals surface area contributed by atoms with Crippen molar-refractivity contribution in [1.29, 1.82) is 0 Å². The Morgan fingerprint density at radius 3 is 2.64 bits per heavy atom. The third-order valence-corrected chi connectivity index (χ3v) is 4.89. The summed E-state index contributed by atoms with van der Waals surface area (Å²) in [5.74, 6) is 1.06. The smallest absolute Gasteiger partial charge is 0.117 e. The van der Waals surface area contributed by atoms with Crippen LogP contribution in [0.3, 0.4) is 0 Å². The van der Waals surface area contributed by atoms with Crippen LogP contribution in [-0.2, 0) is 6.54 Å². The fourth-order valence-electron chi connectivity index (χ4n) is 3.63. The average Bonchev–Trinajstić information content (AvgIpc) is 3.09. The summed E-state index contributed by atoms with van der Waals surface area (Å²) in [6.45, 7) is 10.1. The first kappa shape index (κ1) is 18.2. The summed E-state index contributed by atoms with van der Waals surface area (Å²) in [6, 6.07) is 9.21. The summed E-state index contributed by atoms with van der Waals surface area (Å²) >= 11 is 0. The molecule has 25 heavy (non-hydrogen) atoms. The second kappa shape index (κ2) is 8.15. The second-order valence-electron chi connectivity index (χ2n) is 8.40. The molecular formula is C21H31N3O. The lowest BCUT2D eigenvalue weighted by Crippen LogP contribution is -2.44. The van der Waals surface area contributed by atoms with Crippen LogP contribution in [0, 0.1) is 5.41 Å². The normalized spacial score (nSPS) is 18.4. The molecule has 0 bridgehead atoms. The predicted octanol–water partition coefficient (Wildman–Crippen LogP) is 4.41. The topological polar surface area (TPSA) is 41.3 Å². The van der Waals surface area contributed by atoms with E-state index >= 15 is 0 Å². The van der Waals surface area contributed by atoms with Gasteiger partial charge in [0.25, 0.3) is 0 Å². The fraction of sp³-hybridized carbons (Fsp3) is 0.571. The first-order valence-electron chi connectivity index (χ1n) is 9.40. The van der Waals surface area contributed by atoms with Gasteiger partial charge in [0.15, 0.2) is 0 Å². The summed E-state index contributed by atoms with van der Waals surface area (Å²) in [5.41, 5.74) is 1.59. The van der Waals surface area contributed by atoms with E-state index in [-0.39, 0.29) is 5.41 Å². The quantitative estimate of drug-likeness (QED) is 0.845. The van der Waals surface area contributed by atoms with Gasteiger partial charge < -0.3 is 9.73 Å². The molecule has 4 heteroatoms. The number of pyridine rings is 1. The number of rotatable bonds is 6. The minimum atomic E-state index is 0.285. The summed E-state index contributed by atoms with van der Waals surface area (Å²) < 4.78 is 5.48. The predicted molar refractivity (Wildman–Crippen MR) is 101 cm³/mol. The SMILES string of the molecule is CC(C)(C)C[C@@H](NC1CCN(Cc2ccco2)CC1)c1cccnc1. The molecule has 0 radical (unpaired) electrons. The lowest BCUT2D eigenvalue weighted by molar-refractivity contribution is 0.166. The Morgan fingerprint density at radius 2 is 2.04 bits per heavy atom. The number of furan rings is 1. The van der Waals surface area contributed by atoms with E-state index in [0.29, 0.717) is 12.1 Å². The van der Waals surface area contributed by atoms with Crippen molar-refractivity contribution in [3.63, 3.8) is 0 Å². The number of likely N-dealkylation sites (tertiary alicyclic amines) is 1.